The molecule has 0 radical (unpaired) electrons. The van der Waals surface area contributed by atoms with Crippen molar-refractivity contribution in [1.29, 1.82) is 0 Å². The zero-order valence-corrected chi connectivity index (χ0v) is 11.4. The Labute approximate surface area is 121 Å². The van der Waals surface area contributed by atoms with E-state index in [9.17, 15) is 4.79 Å². The standard InChI is InChI=1S/C15H14N2O4/c1-19-10-4-2-9(3-5-10)15(18)17-12-7-14-13(6-11(12)16)20-8-21-14/h2-7H,8,16H2,1H3,(H,17,18). The number of carbonyl (C=O) groups is 1. The summed E-state index contributed by atoms with van der Waals surface area (Å²) in [4.78, 5) is 12.2. The van der Waals surface area contributed by atoms with Gasteiger partial charge < -0.3 is 25.3 Å². The molecule has 6 nitrogen and oxygen atoms in total. The number of nitrogens with two attached hydrogens (primary N) is 1. The second-order valence-electron chi connectivity index (χ2n) is 4.48. The summed E-state index contributed by atoms with van der Waals surface area (Å²) < 4.78 is 15.5. The highest BCUT2D eigenvalue weighted by atomic mass is 16.7. The molecule has 2 aromatic carbocycles. The minimum atomic E-state index is -0.261. The monoisotopic (exact) mass is 286 g/mol. The Morgan fingerprint density at radius 2 is 1.86 bits per heavy atom. The normalized spacial score (nSPS) is 12.0. The summed E-state index contributed by atoms with van der Waals surface area (Å²) >= 11 is 0. The van der Waals surface area contributed by atoms with E-state index in [0.717, 1.165) is 0 Å². The van der Waals surface area contributed by atoms with E-state index in [-0.39, 0.29) is 12.7 Å². The van der Waals surface area contributed by atoms with Crippen molar-refractivity contribution in [2.45, 2.75) is 0 Å². The molecule has 0 saturated carbocycles. The van der Waals surface area contributed by atoms with Gasteiger partial charge in [0.1, 0.15) is 5.75 Å². The molecule has 2 aromatic rings. The van der Waals surface area contributed by atoms with Gasteiger partial charge in [0.2, 0.25) is 6.79 Å². The van der Waals surface area contributed by atoms with E-state index in [2.05, 4.69) is 5.32 Å². The highest BCUT2D eigenvalue weighted by Gasteiger charge is 2.17. The van der Waals surface area contributed by atoms with Crippen LogP contribution in [-0.2, 0) is 0 Å². The third kappa shape index (κ3) is 2.55. The average molecular weight is 286 g/mol. The van der Waals surface area contributed by atoms with E-state index in [1.165, 1.54) is 0 Å². The topological polar surface area (TPSA) is 82.8 Å². The van der Waals surface area contributed by atoms with Crippen molar-refractivity contribution < 1.29 is 19.0 Å². The number of nitrogens with one attached hydrogen (secondary N) is 1. The van der Waals surface area contributed by atoms with E-state index in [1.807, 2.05) is 0 Å². The van der Waals surface area contributed by atoms with Gasteiger partial charge in [-0.2, -0.15) is 0 Å². The second-order valence-corrected chi connectivity index (χ2v) is 4.48. The van der Waals surface area contributed by atoms with E-state index < -0.39 is 0 Å². The molecule has 3 N–H and O–H groups in total. The summed E-state index contributed by atoms with van der Waals surface area (Å²) in [6, 6.07) is 10.1. The summed E-state index contributed by atoms with van der Waals surface area (Å²) in [6.07, 6.45) is 0. The van der Waals surface area contributed by atoms with Gasteiger partial charge in [-0.3, -0.25) is 4.79 Å². The van der Waals surface area contributed by atoms with Crippen LogP contribution in [0.1, 0.15) is 10.4 Å². The first kappa shape index (κ1) is 13.1. The molecule has 0 aromatic heterocycles. The fourth-order valence-corrected chi connectivity index (χ4v) is 2.00. The smallest absolute Gasteiger partial charge is 0.255 e. The van der Waals surface area contributed by atoms with Gasteiger partial charge in [0, 0.05) is 17.7 Å². The molecule has 1 amide bonds. The molecule has 0 spiro atoms. The number of hydrogen-bond donors (Lipinski definition) is 2. The van der Waals surface area contributed by atoms with Crippen LogP contribution in [0.5, 0.6) is 17.2 Å². The lowest BCUT2D eigenvalue weighted by atomic mass is 10.2. The summed E-state index contributed by atoms with van der Waals surface area (Å²) in [5.41, 5.74) is 7.31. The van der Waals surface area contributed by atoms with Crippen molar-refractivity contribution in [2.75, 3.05) is 25.0 Å². The molecule has 0 saturated heterocycles. The number of fused-ring (bicyclic) bond motifs is 1. The molecule has 0 aliphatic carbocycles. The first-order valence-electron chi connectivity index (χ1n) is 6.32. The van der Waals surface area contributed by atoms with Crippen LogP contribution in [0.4, 0.5) is 11.4 Å². The van der Waals surface area contributed by atoms with Crippen LogP contribution < -0.4 is 25.3 Å². The predicted molar refractivity (Wildman–Crippen MR) is 77.9 cm³/mol. The van der Waals surface area contributed by atoms with E-state index in [0.29, 0.717) is 34.2 Å². The summed E-state index contributed by atoms with van der Waals surface area (Å²) in [5.74, 6) is 1.57. The lowest BCUT2D eigenvalue weighted by Crippen LogP contribution is -2.13. The summed E-state index contributed by atoms with van der Waals surface area (Å²) in [5, 5.41) is 2.75. The maximum absolute atomic E-state index is 12.2. The van der Waals surface area contributed by atoms with Gasteiger partial charge >= 0.3 is 0 Å². The zero-order chi connectivity index (χ0) is 14.8. The van der Waals surface area contributed by atoms with Crippen LogP contribution in [-0.4, -0.2) is 19.8 Å². The van der Waals surface area contributed by atoms with Crippen molar-refractivity contribution in [3.05, 3.63) is 42.0 Å². The molecule has 108 valence electrons. The van der Waals surface area contributed by atoms with Gasteiger partial charge in [-0.25, -0.2) is 0 Å². The van der Waals surface area contributed by atoms with Gasteiger partial charge in [-0.05, 0) is 24.3 Å². The zero-order valence-electron chi connectivity index (χ0n) is 11.4. The molecular weight excluding hydrogens is 272 g/mol. The number of anilines is 2. The summed E-state index contributed by atoms with van der Waals surface area (Å²) in [7, 11) is 1.57. The molecule has 1 aliphatic heterocycles. The van der Waals surface area contributed by atoms with Gasteiger partial charge in [-0.1, -0.05) is 0 Å². The third-order valence-electron chi connectivity index (χ3n) is 3.15. The lowest BCUT2D eigenvalue weighted by molar-refractivity contribution is 0.102. The maximum Gasteiger partial charge on any atom is 0.255 e. The van der Waals surface area contributed by atoms with Crippen LogP contribution in [0.25, 0.3) is 0 Å². The molecule has 0 unspecified atom stereocenters. The molecular formula is C15H14N2O4. The third-order valence-corrected chi connectivity index (χ3v) is 3.15. The largest absolute Gasteiger partial charge is 0.497 e. The van der Waals surface area contributed by atoms with E-state index in [1.54, 1.807) is 43.5 Å². The molecule has 1 heterocycles. The quantitative estimate of drug-likeness (QED) is 0.846. The molecule has 3 rings (SSSR count). The number of methoxy groups -OCH3 is 1. The minimum absolute atomic E-state index is 0.157. The van der Waals surface area contributed by atoms with Crippen molar-refractivity contribution >= 4 is 17.3 Å². The van der Waals surface area contributed by atoms with Crippen molar-refractivity contribution in [2.24, 2.45) is 0 Å². The SMILES string of the molecule is COc1ccc(C(=O)Nc2cc3c(cc2N)OCO3)cc1. The second kappa shape index (κ2) is 5.24. The predicted octanol–water partition coefficient (Wildman–Crippen LogP) is 2.26. The van der Waals surface area contributed by atoms with Crippen LogP contribution in [0.3, 0.4) is 0 Å². The minimum Gasteiger partial charge on any atom is -0.497 e. The van der Waals surface area contributed by atoms with Gasteiger partial charge in [-0.15, -0.1) is 0 Å². The van der Waals surface area contributed by atoms with Crippen LogP contribution >= 0.6 is 0 Å². The number of nitrogen functional groups attached to an aromatic ring is 1. The maximum atomic E-state index is 12.2. The van der Waals surface area contributed by atoms with Crippen LogP contribution in [0, 0.1) is 0 Å². The lowest BCUT2D eigenvalue weighted by Gasteiger charge is -2.09. The Hall–Kier alpha value is -2.89. The van der Waals surface area contributed by atoms with Gasteiger partial charge in [0.15, 0.2) is 11.5 Å². The molecule has 0 bridgehead atoms. The number of amides is 1. The first-order valence-corrected chi connectivity index (χ1v) is 6.32. The Balaban J connectivity index is 1.81. The Morgan fingerprint density at radius 1 is 1.19 bits per heavy atom. The molecule has 6 heteroatoms. The van der Waals surface area contributed by atoms with Crippen molar-refractivity contribution in [3.8, 4) is 17.2 Å². The highest BCUT2D eigenvalue weighted by Crippen LogP contribution is 2.38. The van der Waals surface area contributed by atoms with Crippen molar-refractivity contribution in [3.63, 3.8) is 0 Å². The molecule has 0 fully saturated rings. The fourth-order valence-electron chi connectivity index (χ4n) is 2.00. The average Bonchev–Trinajstić information content (AvgIpc) is 2.94. The summed E-state index contributed by atoms with van der Waals surface area (Å²) in [6.45, 7) is 0.157. The number of ether oxygens (including phenoxy) is 3. The van der Waals surface area contributed by atoms with Crippen LogP contribution in [0.15, 0.2) is 36.4 Å². The number of carbonyl (C=O) groups excluding carboxylic acids is 1. The van der Waals surface area contributed by atoms with Crippen molar-refractivity contribution in [1.82, 2.24) is 0 Å². The van der Waals surface area contributed by atoms with E-state index >= 15 is 0 Å². The van der Waals surface area contributed by atoms with E-state index in [4.69, 9.17) is 19.9 Å². The van der Waals surface area contributed by atoms with Gasteiger partial charge in [0.05, 0.1) is 18.5 Å². The molecule has 1 aliphatic rings. The van der Waals surface area contributed by atoms with Gasteiger partial charge in [0.25, 0.3) is 5.91 Å². The Kier molecular flexibility index (Phi) is 3.27. The number of rotatable bonds is 3. The molecule has 0 atom stereocenters. The fraction of sp³-hybridized carbons (Fsp3) is 0.133. The Morgan fingerprint density at radius 3 is 2.52 bits per heavy atom. The van der Waals surface area contributed by atoms with Crippen LogP contribution in [0.2, 0.25) is 0 Å². The number of benzene rings is 2. The number of hydrogen-bond acceptors (Lipinski definition) is 5. The first-order chi connectivity index (χ1) is 10.2. The highest BCUT2D eigenvalue weighted by molar-refractivity contribution is 6.06. The molecule has 21 heavy (non-hydrogen) atoms. The Bertz CT molecular complexity index is 683.